The molecule has 1 aromatic carbocycles. The molecule has 1 aliphatic rings. The summed E-state index contributed by atoms with van der Waals surface area (Å²) in [6.45, 7) is 7.28. The lowest BCUT2D eigenvalue weighted by Crippen LogP contribution is -2.50. The Morgan fingerprint density at radius 1 is 1.20 bits per heavy atom. The first kappa shape index (κ1) is 19.1. The predicted octanol–water partition coefficient (Wildman–Crippen LogP) is 0.845. The first-order valence-corrected chi connectivity index (χ1v) is 9.65. The summed E-state index contributed by atoms with van der Waals surface area (Å²) in [6.07, 6.45) is 1.90. The SMILES string of the molecule is C=CCNS(=O)(=O)c1cccc(C(=O)N2CCN(C(=O)CC)CC2)c1. The van der Waals surface area contributed by atoms with Crippen molar-refractivity contribution in [3.05, 3.63) is 42.5 Å². The van der Waals surface area contributed by atoms with Gasteiger partial charge in [-0.25, -0.2) is 13.1 Å². The van der Waals surface area contributed by atoms with Crippen LogP contribution in [0.5, 0.6) is 0 Å². The van der Waals surface area contributed by atoms with Gasteiger partial charge in [-0.15, -0.1) is 6.58 Å². The molecule has 1 saturated heterocycles. The van der Waals surface area contributed by atoms with Gasteiger partial charge in [0.25, 0.3) is 5.91 Å². The van der Waals surface area contributed by atoms with E-state index in [0.717, 1.165) is 0 Å². The van der Waals surface area contributed by atoms with Crippen LogP contribution in [0.2, 0.25) is 0 Å². The molecule has 1 aromatic rings. The second-order valence-electron chi connectivity index (χ2n) is 5.69. The van der Waals surface area contributed by atoms with E-state index in [2.05, 4.69) is 11.3 Å². The Balaban J connectivity index is 2.09. The molecule has 8 heteroatoms. The summed E-state index contributed by atoms with van der Waals surface area (Å²) in [5.41, 5.74) is 0.316. The highest BCUT2D eigenvalue weighted by atomic mass is 32.2. The van der Waals surface area contributed by atoms with E-state index in [0.29, 0.717) is 38.2 Å². The molecule has 0 saturated carbocycles. The van der Waals surface area contributed by atoms with Crippen molar-refractivity contribution in [1.82, 2.24) is 14.5 Å². The molecule has 2 rings (SSSR count). The fraction of sp³-hybridized carbons (Fsp3) is 0.412. The minimum Gasteiger partial charge on any atom is -0.339 e. The van der Waals surface area contributed by atoms with Crippen molar-refractivity contribution >= 4 is 21.8 Å². The van der Waals surface area contributed by atoms with Crippen LogP contribution in [0.15, 0.2) is 41.8 Å². The van der Waals surface area contributed by atoms with Gasteiger partial charge in [-0.2, -0.15) is 0 Å². The number of rotatable bonds is 6. The Hall–Kier alpha value is -2.19. The molecule has 0 unspecified atom stereocenters. The van der Waals surface area contributed by atoms with Crippen LogP contribution in [-0.4, -0.2) is 62.8 Å². The van der Waals surface area contributed by atoms with E-state index in [4.69, 9.17) is 0 Å². The summed E-state index contributed by atoms with van der Waals surface area (Å²) in [7, 11) is -3.68. The molecule has 0 aromatic heterocycles. The van der Waals surface area contributed by atoms with Gasteiger partial charge in [0.1, 0.15) is 0 Å². The van der Waals surface area contributed by atoms with Crippen LogP contribution in [-0.2, 0) is 14.8 Å². The van der Waals surface area contributed by atoms with E-state index in [-0.39, 0.29) is 23.3 Å². The molecule has 0 bridgehead atoms. The lowest BCUT2D eigenvalue weighted by Gasteiger charge is -2.34. The number of hydrogen-bond acceptors (Lipinski definition) is 4. The normalized spacial score (nSPS) is 15.1. The molecule has 1 N–H and O–H groups in total. The van der Waals surface area contributed by atoms with Crippen LogP contribution >= 0.6 is 0 Å². The molecule has 0 aliphatic carbocycles. The Morgan fingerprint density at radius 2 is 1.84 bits per heavy atom. The van der Waals surface area contributed by atoms with E-state index < -0.39 is 10.0 Å². The first-order valence-electron chi connectivity index (χ1n) is 8.16. The summed E-state index contributed by atoms with van der Waals surface area (Å²) in [5.74, 6) is -0.155. The number of carbonyl (C=O) groups is 2. The molecule has 1 heterocycles. The van der Waals surface area contributed by atoms with E-state index in [1.165, 1.54) is 18.2 Å². The summed E-state index contributed by atoms with van der Waals surface area (Å²) in [4.78, 5) is 27.7. The standard InChI is InChI=1S/C17H23N3O4S/c1-3-8-18-25(23,24)15-7-5-6-14(13-15)17(22)20-11-9-19(10-12-20)16(21)4-2/h3,5-7,13,18H,1,4,8-12H2,2H3. The van der Waals surface area contributed by atoms with Crippen LogP contribution < -0.4 is 4.72 Å². The molecule has 136 valence electrons. The van der Waals surface area contributed by atoms with E-state index >= 15 is 0 Å². The number of sulfonamides is 1. The summed E-state index contributed by atoms with van der Waals surface area (Å²) in [6, 6.07) is 5.96. The van der Waals surface area contributed by atoms with Crippen LogP contribution in [0.1, 0.15) is 23.7 Å². The summed E-state index contributed by atoms with van der Waals surface area (Å²) < 4.78 is 26.7. The molecular weight excluding hydrogens is 342 g/mol. The molecule has 25 heavy (non-hydrogen) atoms. The second-order valence-corrected chi connectivity index (χ2v) is 7.46. The third-order valence-electron chi connectivity index (χ3n) is 4.03. The maximum atomic E-state index is 12.6. The highest BCUT2D eigenvalue weighted by Crippen LogP contribution is 2.15. The van der Waals surface area contributed by atoms with Crippen molar-refractivity contribution in [2.75, 3.05) is 32.7 Å². The van der Waals surface area contributed by atoms with Crippen LogP contribution in [0.3, 0.4) is 0 Å². The van der Waals surface area contributed by atoms with Gasteiger partial charge in [0, 0.05) is 44.7 Å². The fourth-order valence-corrected chi connectivity index (χ4v) is 3.66. The van der Waals surface area contributed by atoms with Crippen molar-refractivity contribution in [2.45, 2.75) is 18.2 Å². The maximum absolute atomic E-state index is 12.6. The number of hydrogen-bond donors (Lipinski definition) is 1. The van der Waals surface area contributed by atoms with Crippen LogP contribution in [0.25, 0.3) is 0 Å². The monoisotopic (exact) mass is 365 g/mol. The van der Waals surface area contributed by atoms with Crippen LogP contribution in [0.4, 0.5) is 0 Å². The zero-order valence-electron chi connectivity index (χ0n) is 14.3. The van der Waals surface area contributed by atoms with Gasteiger partial charge in [-0.05, 0) is 18.2 Å². The topological polar surface area (TPSA) is 86.8 Å². The molecule has 0 spiro atoms. The van der Waals surface area contributed by atoms with E-state index in [9.17, 15) is 18.0 Å². The minimum absolute atomic E-state index is 0.0417. The quantitative estimate of drug-likeness (QED) is 0.757. The average molecular weight is 365 g/mol. The van der Waals surface area contributed by atoms with Crippen molar-refractivity contribution in [3.8, 4) is 0 Å². The Morgan fingerprint density at radius 3 is 2.44 bits per heavy atom. The van der Waals surface area contributed by atoms with Gasteiger partial charge in [0.2, 0.25) is 15.9 Å². The zero-order valence-corrected chi connectivity index (χ0v) is 15.1. The minimum atomic E-state index is -3.68. The van der Waals surface area contributed by atoms with Crippen molar-refractivity contribution in [2.24, 2.45) is 0 Å². The molecule has 7 nitrogen and oxygen atoms in total. The number of piperazine rings is 1. The fourth-order valence-electron chi connectivity index (χ4n) is 2.61. The summed E-state index contributed by atoms with van der Waals surface area (Å²) >= 11 is 0. The predicted molar refractivity (Wildman–Crippen MR) is 94.6 cm³/mol. The highest BCUT2D eigenvalue weighted by Gasteiger charge is 2.25. The third kappa shape index (κ3) is 4.67. The van der Waals surface area contributed by atoms with Crippen LogP contribution in [0, 0.1) is 0 Å². The van der Waals surface area contributed by atoms with Gasteiger partial charge in [-0.3, -0.25) is 9.59 Å². The molecule has 1 fully saturated rings. The molecule has 0 radical (unpaired) electrons. The van der Waals surface area contributed by atoms with Gasteiger partial charge in [0.05, 0.1) is 4.90 Å². The van der Waals surface area contributed by atoms with E-state index in [1.807, 2.05) is 6.92 Å². The Labute approximate surface area is 148 Å². The van der Waals surface area contributed by atoms with Gasteiger partial charge >= 0.3 is 0 Å². The molecule has 1 aliphatic heterocycles. The van der Waals surface area contributed by atoms with Gasteiger partial charge in [-0.1, -0.05) is 19.1 Å². The second kappa shape index (κ2) is 8.26. The smallest absolute Gasteiger partial charge is 0.254 e. The Kier molecular flexibility index (Phi) is 6.33. The van der Waals surface area contributed by atoms with Crippen molar-refractivity contribution < 1.29 is 18.0 Å². The number of benzene rings is 1. The average Bonchev–Trinajstić information content (AvgIpc) is 2.65. The first-order chi connectivity index (χ1) is 11.9. The molecule has 0 atom stereocenters. The third-order valence-corrected chi connectivity index (χ3v) is 5.45. The maximum Gasteiger partial charge on any atom is 0.254 e. The molecule has 2 amide bonds. The number of amides is 2. The number of carbonyl (C=O) groups excluding carboxylic acids is 2. The van der Waals surface area contributed by atoms with Gasteiger partial charge in [0.15, 0.2) is 0 Å². The Bertz CT molecular complexity index is 753. The summed E-state index contributed by atoms with van der Waals surface area (Å²) in [5, 5.41) is 0. The lowest BCUT2D eigenvalue weighted by molar-refractivity contribution is -0.132. The number of nitrogens with zero attached hydrogens (tertiary/aromatic N) is 2. The van der Waals surface area contributed by atoms with Gasteiger partial charge < -0.3 is 9.80 Å². The highest BCUT2D eigenvalue weighted by molar-refractivity contribution is 7.89. The molecular formula is C17H23N3O4S. The number of nitrogens with one attached hydrogen (secondary N) is 1. The van der Waals surface area contributed by atoms with Crippen molar-refractivity contribution in [1.29, 1.82) is 0 Å². The van der Waals surface area contributed by atoms with E-state index in [1.54, 1.807) is 21.9 Å². The largest absolute Gasteiger partial charge is 0.339 e. The van der Waals surface area contributed by atoms with Crippen molar-refractivity contribution in [3.63, 3.8) is 0 Å². The lowest BCUT2D eigenvalue weighted by atomic mass is 10.2. The zero-order chi connectivity index (χ0) is 18.4.